The van der Waals surface area contributed by atoms with Crippen LogP contribution < -0.4 is 10.6 Å². The summed E-state index contributed by atoms with van der Waals surface area (Å²) in [4.78, 5) is 36.9. The third kappa shape index (κ3) is 24.7. The molecule has 0 aromatic carbocycles. The van der Waals surface area contributed by atoms with Crippen LogP contribution in [0.2, 0.25) is 0 Å². The molecule has 0 aliphatic carbocycles. The molecule has 3 heterocycles. The predicted molar refractivity (Wildman–Crippen MR) is 277 cm³/mol. The highest BCUT2D eigenvalue weighted by Crippen LogP contribution is 2.36. The van der Waals surface area contributed by atoms with E-state index in [1.165, 1.54) is 38.5 Å². The molecule has 22 heteroatoms. The average molecular weight is 1100 g/mol. The smallest absolute Gasteiger partial charge is 0.305 e. The number of aliphatic hydroxyl groups is 10. The number of Topliss-reactive ketones (excluding diaryl/α,β-unsaturated/α-hetero) is 1. The minimum absolute atomic E-state index is 0.166. The second-order valence-corrected chi connectivity index (χ2v) is 21.0. The highest BCUT2D eigenvalue weighted by atomic mass is 16.8. The summed E-state index contributed by atoms with van der Waals surface area (Å²) in [6.07, 6.45) is -6.35. The van der Waals surface area contributed by atoms with Gasteiger partial charge < -0.3 is 94.9 Å². The van der Waals surface area contributed by atoms with Gasteiger partial charge in [0.25, 0.3) is 0 Å². The molecule has 76 heavy (non-hydrogen) atoms. The van der Waals surface area contributed by atoms with Gasteiger partial charge in [-0.2, -0.15) is 0 Å². The van der Waals surface area contributed by atoms with Gasteiger partial charge in [-0.15, -0.1) is 0 Å². The zero-order chi connectivity index (χ0) is 55.8. The summed E-state index contributed by atoms with van der Waals surface area (Å²) >= 11 is 0. The average Bonchev–Trinajstić information content (AvgIpc) is 3.39. The number of amides is 1. The Balaban J connectivity index is 1.47. The summed E-state index contributed by atoms with van der Waals surface area (Å²) in [5.74, 6) is -0.456. The predicted octanol–water partition coefficient (Wildman–Crippen LogP) is 2.17. The molecule has 0 radical (unpaired) electrons. The van der Waals surface area contributed by atoms with Crippen LogP contribution in [0.5, 0.6) is 0 Å². The van der Waals surface area contributed by atoms with Crippen molar-refractivity contribution in [3.05, 3.63) is 0 Å². The third-order valence-electron chi connectivity index (χ3n) is 14.5. The van der Waals surface area contributed by atoms with Gasteiger partial charge in [0.15, 0.2) is 18.9 Å². The fourth-order valence-electron chi connectivity index (χ4n) is 9.84. The maximum Gasteiger partial charge on any atom is 0.305 e. The van der Waals surface area contributed by atoms with Crippen molar-refractivity contribution in [1.82, 2.24) is 10.6 Å². The first-order chi connectivity index (χ1) is 36.6. The molecule has 3 fully saturated rings. The van der Waals surface area contributed by atoms with Gasteiger partial charge in [-0.3, -0.25) is 14.4 Å². The number of hydrogen-bond acceptors (Lipinski definition) is 21. The number of carbonyl (C=O) groups excluding carboxylic acids is 3. The Labute approximate surface area is 450 Å². The Morgan fingerprint density at radius 1 is 0.500 bits per heavy atom. The van der Waals surface area contributed by atoms with Gasteiger partial charge in [-0.05, 0) is 58.0 Å². The topological polar surface area (TPSA) is 342 Å². The molecule has 17 atom stereocenters. The number of ketones is 1. The lowest BCUT2D eigenvalue weighted by Crippen LogP contribution is -2.67. The quantitative estimate of drug-likeness (QED) is 0.0308. The lowest BCUT2D eigenvalue weighted by molar-refractivity contribution is -0.411. The monoisotopic (exact) mass is 1100 g/mol. The van der Waals surface area contributed by atoms with E-state index in [1.807, 2.05) is 6.92 Å². The van der Waals surface area contributed by atoms with Crippen LogP contribution >= 0.6 is 0 Å². The van der Waals surface area contributed by atoms with Crippen LogP contribution in [0.3, 0.4) is 0 Å². The van der Waals surface area contributed by atoms with E-state index in [9.17, 15) is 65.4 Å². The van der Waals surface area contributed by atoms with Crippen LogP contribution in [0.1, 0.15) is 188 Å². The number of esters is 1. The van der Waals surface area contributed by atoms with Crippen molar-refractivity contribution in [2.75, 3.05) is 32.8 Å². The number of unbranched alkanes of at least 4 members (excludes halogenated alkanes) is 17. The standard InChI is InChI=1S/C54H100N2O20/c1-4-6-19-29-38(37(61)28-22-17-14-16-21-27-36(60)26-20-15-12-10-8-7-9-11-13-18-23-30-41(62)56-32-25-24-31-55-5-2)71-54-50(75-52-47(68)45(66)43(64)40(34-58)73-52)49(48(69)53(76-54)70-35(3)59)74-51-46(67)44(65)42(63)39(33-57)72-51/h37-40,42-55,57-58,61,63-69H,4-34H2,1-3H3,(H,56,62). The first-order valence-electron chi connectivity index (χ1n) is 28.8. The Morgan fingerprint density at radius 3 is 1.47 bits per heavy atom. The zero-order valence-electron chi connectivity index (χ0n) is 45.8. The number of aliphatic hydroxyl groups excluding tert-OH is 10. The molecule has 3 aliphatic rings. The number of nitrogens with one attached hydrogen (secondary N) is 2. The number of hydrogen-bond donors (Lipinski definition) is 12. The fraction of sp³-hybridized carbons (Fsp3) is 0.944. The van der Waals surface area contributed by atoms with E-state index in [0.717, 1.165) is 110 Å². The summed E-state index contributed by atoms with van der Waals surface area (Å²) in [5, 5.41) is 113. The second-order valence-electron chi connectivity index (χ2n) is 21.0. The molecule has 0 bridgehead atoms. The van der Waals surface area contributed by atoms with Crippen molar-refractivity contribution < 1.29 is 98.6 Å². The summed E-state index contributed by atoms with van der Waals surface area (Å²) in [6, 6.07) is 0. The van der Waals surface area contributed by atoms with Gasteiger partial charge in [0.1, 0.15) is 72.9 Å². The molecule has 3 saturated heterocycles. The van der Waals surface area contributed by atoms with Crippen molar-refractivity contribution >= 4 is 17.7 Å². The van der Waals surface area contributed by atoms with Gasteiger partial charge in [0.2, 0.25) is 12.2 Å². The summed E-state index contributed by atoms with van der Waals surface area (Å²) < 4.78 is 41.0. The molecule has 3 aliphatic heterocycles. The first kappa shape index (κ1) is 68.2. The molecule has 1 amide bonds. The normalized spacial score (nSPS) is 30.7. The summed E-state index contributed by atoms with van der Waals surface area (Å²) in [7, 11) is 0. The zero-order valence-corrected chi connectivity index (χ0v) is 45.8. The Hall–Kier alpha value is -2.07. The lowest BCUT2D eigenvalue weighted by atomic mass is 9.97. The Morgan fingerprint density at radius 2 is 0.974 bits per heavy atom. The highest BCUT2D eigenvalue weighted by Gasteiger charge is 2.56. The minimum atomic E-state index is -2.00. The Kier molecular flexibility index (Phi) is 35.3. The molecule has 22 nitrogen and oxygen atoms in total. The van der Waals surface area contributed by atoms with E-state index in [0.29, 0.717) is 44.9 Å². The van der Waals surface area contributed by atoms with E-state index >= 15 is 0 Å². The SMILES string of the molecule is CCCCCC(OC1OC(OC(C)=O)C(O)C(OC2OC(CO)C(O)C(O)C2O)C1OC1OC(CO)C(O)C(O)C1O)C(O)CCCCCCCC(=O)CCCCCCCCCCCCCC(=O)NCCCCNCC. The van der Waals surface area contributed by atoms with Gasteiger partial charge in [-0.25, -0.2) is 0 Å². The van der Waals surface area contributed by atoms with E-state index in [2.05, 4.69) is 17.6 Å². The van der Waals surface area contributed by atoms with Crippen LogP contribution in [-0.4, -0.2) is 206 Å². The van der Waals surface area contributed by atoms with Gasteiger partial charge in [0, 0.05) is 32.7 Å². The molecule has 446 valence electrons. The summed E-state index contributed by atoms with van der Waals surface area (Å²) in [5.41, 5.74) is 0. The number of rotatable bonds is 42. The molecule has 0 aromatic heterocycles. The molecular weight excluding hydrogens is 997 g/mol. The number of carbonyl (C=O) groups is 3. The van der Waals surface area contributed by atoms with Gasteiger partial charge in [0.05, 0.1) is 25.4 Å². The van der Waals surface area contributed by atoms with Crippen LogP contribution in [0.25, 0.3) is 0 Å². The van der Waals surface area contributed by atoms with E-state index in [4.69, 9.17) is 33.2 Å². The first-order valence-corrected chi connectivity index (χ1v) is 28.8. The molecule has 0 spiro atoms. The van der Waals surface area contributed by atoms with Crippen molar-refractivity contribution in [1.29, 1.82) is 0 Å². The Bertz CT molecular complexity index is 1540. The molecular formula is C54H100N2O20. The molecule has 0 saturated carbocycles. The second kappa shape index (κ2) is 39.3. The highest BCUT2D eigenvalue weighted by molar-refractivity contribution is 5.78. The molecule has 17 unspecified atom stereocenters. The van der Waals surface area contributed by atoms with Crippen LogP contribution in [0.15, 0.2) is 0 Å². The maximum atomic E-state index is 12.6. The van der Waals surface area contributed by atoms with E-state index < -0.39 is 124 Å². The fourth-order valence-corrected chi connectivity index (χ4v) is 9.84. The largest absolute Gasteiger partial charge is 0.433 e. The molecule has 0 aromatic rings. The molecule has 3 rings (SSSR count). The van der Waals surface area contributed by atoms with Gasteiger partial charge >= 0.3 is 5.97 Å². The van der Waals surface area contributed by atoms with Crippen molar-refractivity contribution in [2.45, 2.75) is 292 Å². The van der Waals surface area contributed by atoms with E-state index in [1.54, 1.807) is 0 Å². The van der Waals surface area contributed by atoms with Crippen molar-refractivity contribution in [2.24, 2.45) is 0 Å². The van der Waals surface area contributed by atoms with Crippen LogP contribution in [0, 0.1) is 0 Å². The van der Waals surface area contributed by atoms with Crippen molar-refractivity contribution in [3.8, 4) is 0 Å². The van der Waals surface area contributed by atoms with Crippen LogP contribution in [-0.2, 0) is 47.5 Å². The molecule has 12 N–H and O–H groups in total. The van der Waals surface area contributed by atoms with Crippen molar-refractivity contribution in [3.63, 3.8) is 0 Å². The van der Waals surface area contributed by atoms with Gasteiger partial charge in [-0.1, -0.05) is 117 Å². The summed E-state index contributed by atoms with van der Waals surface area (Å²) in [6.45, 7) is 6.23. The van der Waals surface area contributed by atoms with E-state index in [-0.39, 0.29) is 11.7 Å². The minimum Gasteiger partial charge on any atom is -0.433 e. The van der Waals surface area contributed by atoms with Crippen LogP contribution in [0.4, 0.5) is 0 Å². The number of ether oxygens (including phenoxy) is 7. The maximum absolute atomic E-state index is 12.6. The third-order valence-corrected chi connectivity index (χ3v) is 14.5. The lowest BCUT2D eigenvalue weighted by Gasteiger charge is -2.49.